The number of rotatable bonds is 5. The molecule has 0 saturated carbocycles. The second kappa shape index (κ2) is 16.3. The van der Waals surface area contributed by atoms with Crippen molar-refractivity contribution in [3.8, 4) is 0 Å². The van der Waals surface area contributed by atoms with Gasteiger partial charge in [0.1, 0.15) is 4.75 Å². The molecule has 0 saturated heterocycles. The number of carboxylic acid groups (broad SMARTS) is 1. The zero-order chi connectivity index (χ0) is 12.3. The summed E-state index contributed by atoms with van der Waals surface area (Å²) in [5, 5.41) is 19.5. The molecular weight excluding hydrogens is 329 g/mol. The topological polar surface area (TPSA) is 105 Å². The van der Waals surface area contributed by atoms with Crippen molar-refractivity contribution in [2.45, 2.75) is 32.9 Å². The van der Waals surface area contributed by atoms with Crippen molar-refractivity contribution >= 4 is 24.5 Å². The molecule has 0 aliphatic rings. The molecule has 0 aromatic rings. The summed E-state index contributed by atoms with van der Waals surface area (Å²) in [5.41, 5.74) is 0. The summed E-state index contributed by atoms with van der Waals surface area (Å²) in [6.07, 6.45) is 0. The first-order chi connectivity index (χ1) is 6.96. The van der Waals surface area contributed by atoms with Crippen molar-refractivity contribution in [2.24, 2.45) is 0 Å². The van der Waals surface area contributed by atoms with Gasteiger partial charge in [0.05, 0.1) is 6.61 Å². The third-order valence-electron chi connectivity index (χ3n) is 1.04. The summed E-state index contributed by atoms with van der Waals surface area (Å²) in [6, 6.07) is 0. The van der Waals surface area contributed by atoms with Crippen LogP contribution in [-0.2, 0) is 56.4 Å². The van der Waals surface area contributed by atoms with Crippen LogP contribution in [0.25, 0.3) is 0 Å². The fourth-order valence-corrected chi connectivity index (χ4v) is 0.763. The third kappa shape index (κ3) is 16.3. The van der Waals surface area contributed by atoms with E-state index in [1.165, 1.54) is 0 Å². The van der Waals surface area contributed by atoms with Gasteiger partial charge in [-0.25, -0.2) is 0 Å². The van der Waals surface area contributed by atoms with Crippen molar-refractivity contribution in [1.82, 2.24) is 0 Å². The van der Waals surface area contributed by atoms with E-state index in [9.17, 15) is 10.1 Å². The molecule has 1 N–H and O–H groups in total. The normalized spacial score (nSPS) is 8.71. The summed E-state index contributed by atoms with van der Waals surface area (Å²) >= 11 is 0.617. The summed E-state index contributed by atoms with van der Waals surface area (Å²) < 4.78 is 7.80. The molecule has 0 rings (SSSR count). The zero-order valence-corrected chi connectivity index (χ0v) is 12.8. The molecule has 0 heterocycles. The first kappa shape index (κ1) is 26.0. The van der Waals surface area contributed by atoms with Gasteiger partial charge in [0.2, 0.25) is 0 Å². The summed E-state index contributed by atoms with van der Waals surface area (Å²) in [5.74, 6) is -0.452. The molecule has 0 bridgehead atoms. The van der Waals surface area contributed by atoms with Gasteiger partial charge in [-0.1, -0.05) is 7.43 Å². The van der Waals surface area contributed by atoms with E-state index in [-0.39, 0.29) is 46.6 Å². The Morgan fingerprint density at radius 2 is 1.94 bits per heavy atom. The van der Waals surface area contributed by atoms with E-state index in [0.29, 0.717) is 18.6 Å². The fraction of sp³-hybridized carbons (Fsp3) is 0.750. The predicted molar refractivity (Wildman–Crippen MR) is 55.9 cm³/mol. The Hall–Kier alpha value is 0.274. The minimum absolute atomic E-state index is 0. The second-order valence-corrected chi connectivity index (χ2v) is 3.88. The molecule has 17 heavy (non-hydrogen) atoms. The third-order valence-corrected chi connectivity index (χ3v) is 1.74. The maximum Gasteiger partial charge on any atom is 0.324 e. The molecule has 0 fully saturated rings. The van der Waals surface area contributed by atoms with Crippen LogP contribution >= 0.6 is 12.0 Å². The molecule has 0 unspecified atom stereocenters. The van der Waals surface area contributed by atoms with Crippen LogP contribution in [0.4, 0.5) is 0 Å². The molecule has 0 aromatic heterocycles. The van der Waals surface area contributed by atoms with Crippen LogP contribution in [0.15, 0.2) is 0 Å². The van der Waals surface area contributed by atoms with Gasteiger partial charge >= 0.3 is 5.97 Å². The van der Waals surface area contributed by atoms with E-state index < -0.39 is 10.7 Å². The van der Waals surface area contributed by atoms with Gasteiger partial charge in [0.15, 0.2) is 0 Å². The number of hydrogen-bond acceptors (Lipinski definition) is 7. The van der Waals surface area contributed by atoms with Gasteiger partial charge in [-0.3, -0.25) is 14.6 Å². The van der Waals surface area contributed by atoms with Gasteiger partial charge in [-0.05, 0) is 20.8 Å². The molecule has 0 spiro atoms. The van der Waals surface area contributed by atoms with Crippen LogP contribution < -0.4 is 5.26 Å². The molecule has 101 valence electrons. The SMILES string of the molecule is C.CCOC(=O)C(C)(C)SOO[O-].O=CO.[Y]. The Morgan fingerprint density at radius 1 is 1.53 bits per heavy atom. The largest absolute Gasteiger partial charge is 0.691 e. The standard InChI is InChI=1S/C6H12O5S.CH2O2.CH4.Y/c1-4-9-5(7)6(2,3)12-11-10-8;2-1-3;;/h8H,4H2,1-3H3;1H,(H,2,3);1H4;/p-1. The smallest absolute Gasteiger partial charge is 0.324 e. The second-order valence-electron chi connectivity index (χ2n) is 2.56. The summed E-state index contributed by atoms with van der Waals surface area (Å²) in [6.45, 7) is 4.87. The molecule has 1 radical (unpaired) electrons. The molecule has 7 nitrogen and oxygen atoms in total. The van der Waals surface area contributed by atoms with E-state index in [1.807, 2.05) is 0 Å². The van der Waals surface area contributed by atoms with Gasteiger partial charge in [-0.2, -0.15) is 4.33 Å². The van der Waals surface area contributed by atoms with Gasteiger partial charge in [-0.15, -0.1) is 0 Å². The van der Waals surface area contributed by atoms with E-state index in [4.69, 9.17) is 14.6 Å². The summed E-state index contributed by atoms with van der Waals surface area (Å²) in [4.78, 5) is 19.5. The van der Waals surface area contributed by atoms with Crippen LogP contribution in [0.2, 0.25) is 0 Å². The van der Waals surface area contributed by atoms with E-state index >= 15 is 0 Å². The van der Waals surface area contributed by atoms with Gasteiger partial charge in [0.25, 0.3) is 6.47 Å². The first-order valence-corrected chi connectivity index (χ1v) is 4.59. The average molecular weight is 346 g/mol. The number of esters is 1. The Balaban J connectivity index is -0.000000152. The molecule has 0 aliphatic carbocycles. The Morgan fingerprint density at radius 3 is 2.24 bits per heavy atom. The Bertz CT molecular complexity index is 189. The predicted octanol–water partition coefficient (Wildman–Crippen LogP) is 0.534. The quantitative estimate of drug-likeness (QED) is 0.253. The molecule has 9 heteroatoms. The number of ether oxygens (including phenoxy) is 1. The fourth-order valence-electron chi connectivity index (χ4n) is 0.438. The van der Waals surface area contributed by atoms with Gasteiger partial charge < -0.3 is 15.1 Å². The van der Waals surface area contributed by atoms with Crippen molar-refractivity contribution in [3.05, 3.63) is 0 Å². The maximum atomic E-state index is 11.1. The average Bonchev–Trinajstić information content (AvgIpc) is 2.16. The van der Waals surface area contributed by atoms with E-state index in [0.717, 1.165) is 0 Å². The number of carbonyl (C=O) groups is 2. The monoisotopic (exact) mass is 346 g/mol. The molecule has 0 aromatic carbocycles. The minimum atomic E-state index is -0.930. The van der Waals surface area contributed by atoms with Crippen molar-refractivity contribution < 1.29 is 66.8 Å². The number of carbonyl (C=O) groups excluding carboxylic acids is 1. The van der Waals surface area contributed by atoms with Crippen LogP contribution in [0, 0.1) is 0 Å². The van der Waals surface area contributed by atoms with E-state index in [2.05, 4.69) is 9.37 Å². The molecule has 0 aliphatic heterocycles. The van der Waals surface area contributed by atoms with Crippen molar-refractivity contribution in [3.63, 3.8) is 0 Å². The van der Waals surface area contributed by atoms with Crippen molar-refractivity contribution in [2.75, 3.05) is 6.61 Å². The molecule has 0 atom stereocenters. The van der Waals surface area contributed by atoms with Crippen molar-refractivity contribution in [1.29, 1.82) is 0 Å². The Labute approximate surface area is 130 Å². The first-order valence-electron chi connectivity index (χ1n) is 3.85. The van der Waals surface area contributed by atoms with Crippen LogP contribution in [0.5, 0.6) is 0 Å². The van der Waals surface area contributed by atoms with Crippen LogP contribution in [0.3, 0.4) is 0 Å². The molecule has 0 amide bonds. The van der Waals surface area contributed by atoms with E-state index in [1.54, 1.807) is 20.8 Å². The van der Waals surface area contributed by atoms with Crippen LogP contribution in [-0.4, -0.2) is 28.9 Å². The zero-order valence-electron chi connectivity index (χ0n) is 9.17. The number of hydrogen-bond donors (Lipinski definition) is 1. The van der Waals surface area contributed by atoms with Gasteiger partial charge in [0, 0.05) is 44.8 Å². The maximum absolute atomic E-state index is 11.1. The van der Waals surface area contributed by atoms with Crippen LogP contribution in [0.1, 0.15) is 28.2 Å². The summed E-state index contributed by atoms with van der Waals surface area (Å²) in [7, 11) is 0. The minimum Gasteiger partial charge on any atom is -0.691 e. The molecular formula is C8H17O7SY-. The Kier molecular flexibility index (Phi) is 24.9.